The molecule has 0 bridgehead atoms. The first-order valence-corrected chi connectivity index (χ1v) is 6.77. The second-order valence-corrected chi connectivity index (χ2v) is 4.88. The fourth-order valence-electron chi connectivity index (χ4n) is 1.39. The quantitative estimate of drug-likeness (QED) is 0.756. The number of carbonyl (C=O) groups is 1. The maximum absolute atomic E-state index is 11.7. The van der Waals surface area contributed by atoms with E-state index in [1.54, 1.807) is 6.92 Å². The third kappa shape index (κ3) is 5.51. The Hall–Kier alpha value is -1.07. The molecule has 0 aromatic heterocycles. The molecule has 0 spiro atoms. The molecule has 0 aliphatic carbocycles. The fraction of sp³-hybridized carbons (Fsp3) is 0.462. The van der Waals surface area contributed by atoms with Crippen molar-refractivity contribution in [3.8, 4) is 5.75 Å². The predicted octanol–water partition coefficient (Wildman–Crippen LogP) is 1.94. The Morgan fingerprint density at radius 1 is 1.33 bits per heavy atom. The summed E-state index contributed by atoms with van der Waals surface area (Å²) >= 11 is 3.35. The lowest BCUT2D eigenvalue weighted by Crippen LogP contribution is -2.37. The Balaban J connectivity index is 2.33. The summed E-state index contributed by atoms with van der Waals surface area (Å²) in [6.45, 7) is 3.30. The van der Waals surface area contributed by atoms with Crippen LogP contribution < -0.4 is 15.4 Å². The van der Waals surface area contributed by atoms with Crippen LogP contribution in [0.2, 0.25) is 0 Å². The van der Waals surface area contributed by atoms with Crippen molar-refractivity contribution in [2.24, 2.45) is 0 Å². The first-order valence-electron chi connectivity index (χ1n) is 5.98. The van der Waals surface area contributed by atoms with Crippen LogP contribution in [0.3, 0.4) is 0 Å². The highest BCUT2D eigenvalue weighted by Crippen LogP contribution is 2.17. The summed E-state index contributed by atoms with van der Waals surface area (Å²) in [4.78, 5) is 11.7. The monoisotopic (exact) mass is 314 g/mol. The van der Waals surface area contributed by atoms with Gasteiger partial charge in [-0.25, -0.2) is 0 Å². The van der Waals surface area contributed by atoms with E-state index in [0.717, 1.165) is 17.4 Å². The summed E-state index contributed by atoms with van der Waals surface area (Å²) in [5.74, 6) is 0.602. The molecule has 1 aromatic rings. The van der Waals surface area contributed by atoms with Crippen molar-refractivity contribution in [1.82, 2.24) is 10.6 Å². The van der Waals surface area contributed by atoms with E-state index in [4.69, 9.17) is 4.74 Å². The maximum Gasteiger partial charge on any atom is 0.260 e. The van der Waals surface area contributed by atoms with Crippen LogP contribution in [-0.2, 0) is 4.79 Å². The molecule has 0 radical (unpaired) electrons. The molecule has 1 rings (SSSR count). The molecule has 18 heavy (non-hydrogen) atoms. The highest BCUT2D eigenvalue weighted by Gasteiger charge is 2.13. The fourth-order valence-corrected chi connectivity index (χ4v) is 1.66. The van der Waals surface area contributed by atoms with E-state index in [2.05, 4.69) is 26.6 Å². The zero-order valence-corrected chi connectivity index (χ0v) is 12.3. The molecule has 5 heteroatoms. The first kappa shape index (κ1) is 15.0. The van der Waals surface area contributed by atoms with E-state index >= 15 is 0 Å². The van der Waals surface area contributed by atoms with Crippen molar-refractivity contribution in [2.45, 2.75) is 19.4 Å². The molecule has 100 valence electrons. The lowest BCUT2D eigenvalue weighted by Gasteiger charge is -2.14. The van der Waals surface area contributed by atoms with Crippen LogP contribution in [0, 0.1) is 0 Å². The minimum Gasteiger partial charge on any atom is -0.481 e. The molecular weight excluding hydrogens is 296 g/mol. The Morgan fingerprint density at radius 3 is 2.61 bits per heavy atom. The molecule has 0 fully saturated rings. The number of rotatable bonds is 7. The average molecular weight is 315 g/mol. The van der Waals surface area contributed by atoms with Gasteiger partial charge >= 0.3 is 0 Å². The molecule has 4 nitrogen and oxygen atoms in total. The third-order valence-electron chi connectivity index (χ3n) is 2.40. The van der Waals surface area contributed by atoms with Gasteiger partial charge < -0.3 is 15.4 Å². The van der Waals surface area contributed by atoms with Gasteiger partial charge in [0.1, 0.15) is 5.75 Å². The van der Waals surface area contributed by atoms with Crippen LogP contribution in [-0.4, -0.2) is 32.1 Å². The van der Waals surface area contributed by atoms with Crippen LogP contribution in [0.15, 0.2) is 28.7 Å². The number of halogens is 1. The third-order valence-corrected chi connectivity index (χ3v) is 2.93. The van der Waals surface area contributed by atoms with Crippen molar-refractivity contribution in [3.05, 3.63) is 28.7 Å². The Bertz CT molecular complexity index is 368. The number of ether oxygens (including phenoxy) is 1. The number of hydrogen-bond acceptors (Lipinski definition) is 3. The highest BCUT2D eigenvalue weighted by atomic mass is 79.9. The molecule has 0 heterocycles. The second-order valence-electron chi connectivity index (χ2n) is 3.96. The summed E-state index contributed by atoms with van der Waals surface area (Å²) in [5, 5.41) is 5.86. The largest absolute Gasteiger partial charge is 0.481 e. The number of hydrogen-bond donors (Lipinski definition) is 2. The zero-order valence-electron chi connectivity index (χ0n) is 10.7. The maximum atomic E-state index is 11.7. The van der Waals surface area contributed by atoms with Crippen LogP contribution in [0.25, 0.3) is 0 Å². The van der Waals surface area contributed by atoms with Gasteiger partial charge in [0.25, 0.3) is 5.91 Å². The molecule has 0 saturated carbocycles. The van der Waals surface area contributed by atoms with Gasteiger partial charge in [0, 0.05) is 11.0 Å². The predicted molar refractivity (Wildman–Crippen MR) is 75.8 cm³/mol. The molecule has 0 saturated heterocycles. The summed E-state index contributed by atoms with van der Waals surface area (Å²) in [6, 6.07) is 7.42. The molecule has 1 amide bonds. The van der Waals surface area contributed by atoms with Crippen LogP contribution in [0.1, 0.15) is 13.3 Å². The number of nitrogens with one attached hydrogen (secondary N) is 2. The Morgan fingerprint density at radius 2 is 2.00 bits per heavy atom. The van der Waals surface area contributed by atoms with E-state index in [-0.39, 0.29) is 5.91 Å². The van der Waals surface area contributed by atoms with Crippen LogP contribution >= 0.6 is 15.9 Å². The minimum atomic E-state index is -0.485. The standard InChI is InChI=1S/C13H19BrN2O2/c1-10(13(17)16-9-3-8-15-2)18-12-6-4-11(14)5-7-12/h4-7,10,15H,3,8-9H2,1-2H3,(H,16,17). The summed E-state index contributed by atoms with van der Waals surface area (Å²) in [6.07, 6.45) is 0.425. The van der Waals surface area contributed by atoms with Crippen molar-refractivity contribution in [2.75, 3.05) is 20.1 Å². The van der Waals surface area contributed by atoms with Gasteiger partial charge in [-0.2, -0.15) is 0 Å². The van der Waals surface area contributed by atoms with Gasteiger partial charge in [-0.05, 0) is 51.2 Å². The molecule has 2 N–H and O–H groups in total. The summed E-state index contributed by atoms with van der Waals surface area (Å²) < 4.78 is 6.52. The van der Waals surface area contributed by atoms with Gasteiger partial charge in [0.2, 0.25) is 0 Å². The van der Waals surface area contributed by atoms with E-state index in [9.17, 15) is 4.79 Å². The van der Waals surface area contributed by atoms with E-state index in [1.807, 2.05) is 31.3 Å². The number of amides is 1. The SMILES string of the molecule is CNCCCNC(=O)C(C)Oc1ccc(Br)cc1. The van der Waals surface area contributed by atoms with Gasteiger partial charge in [-0.3, -0.25) is 4.79 Å². The topological polar surface area (TPSA) is 50.4 Å². The molecule has 0 aliphatic heterocycles. The number of benzene rings is 1. The molecular formula is C13H19BrN2O2. The van der Waals surface area contributed by atoms with Crippen molar-refractivity contribution >= 4 is 21.8 Å². The first-order chi connectivity index (χ1) is 8.63. The Labute approximate surface area is 116 Å². The summed E-state index contributed by atoms with van der Waals surface area (Å²) in [7, 11) is 1.89. The second kappa shape index (κ2) is 8.11. The smallest absolute Gasteiger partial charge is 0.260 e. The van der Waals surface area contributed by atoms with Crippen LogP contribution in [0.4, 0.5) is 0 Å². The van der Waals surface area contributed by atoms with E-state index < -0.39 is 6.10 Å². The Kier molecular flexibility index (Phi) is 6.75. The van der Waals surface area contributed by atoms with Gasteiger partial charge in [-0.15, -0.1) is 0 Å². The lowest BCUT2D eigenvalue weighted by molar-refractivity contribution is -0.127. The van der Waals surface area contributed by atoms with Crippen molar-refractivity contribution in [3.63, 3.8) is 0 Å². The lowest BCUT2D eigenvalue weighted by atomic mass is 10.3. The van der Waals surface area contributed by atoms with E-state index in [1.165, 1.54) is 0 Å². The molecule has 1 atom stereocenters. The minimum absolute atomic E-state index is 0.0889. The number of carbonyl (C=O) groups excluding carboxylic acids is 1. The van der Waals surface area contributed by atoms with Crippen molar-refractivity contribution < 1.29 is 9.53 Å². The zero-order chi connectivity index (χ0) is 13.4. The van der Waals surface area contributed by atoms with Crippen LogP contribution in [0.5, 0.6) is 5.75 Å². The normalized spacial score (nSPS) is 11.9. The average Bonchev–Trinajstić information content (AvgIpc) is 2.37. The molecule has 0 aliphatic rings. The van der Waals surface area contributed by atoms with Gasteiger partial charge in [0.05, 0.1) is 0 Å². The summed E-state index contributed by atoms with van der Waals surface area (Å²) in [5.41, 5.74) is 0. The van der Waals surface area contributed by atoms with Crippen molar-refractivity contribution in [1.29, 1.82) is 0 Å². The highest BCUT2D eigenvalue weighted by molar-refractivity contribution is 9.10. The van der Waals surface area contributed by atoms with Gasteiger partial charge in [-0.1, -0.05) is 15.9 Å². The van der Waals surface area contributed by atoms with E-state index in [0.29, 0.717) is 12.3 Å². The van der Waals surface area contributed by atoms with Gasteiger partial charge in [0.15, 0.2) is 6.10 Å². The molecule has 1 unspecified atom stereocenters. The molecule has 1 aromatic carbocycles.